The average Bonchev–Trinajstić information content (AvgIpc) is 3.04. The Labute approximate surface area is 172 Å². The first kappa shape index (κ1) is 19.5. The van der Waals surface area contributed by atoms with Crippen molar-refractivity contribution in [3.63, 3.8) is 0 Å². The number of carbonyl (C=O) groups excluding carboxylic acids is 1. The average molecular weight is 392 g/mol. The van der Waals surface area contributed by atoms with Crippen LogP contribution in [-0.2, 0) is 4.74 Å². The molecule has 0 radical (unpaired) electrons. The molecule has 2 atom stereocenters. The minimum absolute atomic E-state index is 0.313. The van der Waals surface area contributed by atoms with Gasteiger partial charge in [0.1, 0.15) is 0 Å². The Balaban J connectivity index is 1.71. The van der Waals surface area contributed by atoms with Crippen LogP contribution in [0, 0.1) is 11.3 Å². The van der Waals surface area contributed by atoms with E-state index in [0.717, 1.165) is 35.5 Å². The lowest BCUT2D eigenvalue weighted by Crippen LogP contribution is -2.29. The number of methoxy groups -OCH3 is 1. The molecule has 2 aromatic carbocycles. The Morgan fingerprint density at radius 1 is 1.14 bits per heavy atom. The second kappa shape index (κ2) is 7.54. The number of fused-ring (bicyclic) bond motifs is 1. The van der Waals surface area contributed by atoms with Gasteiger partial charge >= 0.3 is 5.97 Å². The van der Waals surface area contributed by atoms with Gasteiger partial charge in [-0.25, -0.2) is 9.78 Å². The van der Waals surface area contributed by atoms with E-state index in [1.54, 1.807) is 12.1 Å². The Kier molecular flexibility index (Phi) is 5.07. The summed E-state index contributed by atoms with van der Waals surface area (Å²) in [4.78, 5) is 16.6. The fourth-order valence-electron chi connectivity index (χ4n) is 4.93. The molecule has 1 saturated carbocycles. The van der Waals surface area contributed by atoms with Gasteiger partial charge in [0.15, 0.2) is 0 Å². The second-order valence-electron chi connectivity index (χ2n) is 9.06. The first-order valence-electron chi connectivity index (χ1n) is 10.3. The van der Waals surface area contributed by atoms with Gasteiger partial charge in [-0.15, -0.1) is 0 Å². The highest BCUT2D eigenvalue weighted by atomic mass is 16.5. The summed E-state index contributed by atoms with van der Waals surface area (Å²) in [6.45, 7) is 7.09. The normalized spacial score (nSPS) is 21.1. The molecule has 5 heteroatoms. The largest absolute Gasteiger partial charge is 0.465 e. The Bertz CT molecular complexity index is 1020. The first-order valence-corrected chi connectivity index (χ1v) is 10.3. The molecule has 152 valence electrons. The van der Waals surface area contributed by atoms with Crippen molar-refractivity contribution in [2.24, 2.45) is 11.3 Å². The highest BCUT2D eigenvalue weighted by Gasteiger charge is 2.34. The summed E-state index contributed by atoms with van der Waals surface area (Å²) in [7, 11) is 1.39. The van der Waals surface area contributed by atoms with Gasteiger partial charge in [0.05, 0.1) is 23.7 Å². The van der Waals surface area contributed by atoms with E-state index in [0.29, 0.717) is 22.9 Å². The zero-order chi connectivity index (χ0) is 20.6. The smallest absolute Gasteiger partial charge is 0.337 e. The molecule has 1 fully saturated rings. The topological polar surface area (TPSA) is 56.1 Å². The predicted molar refractivity (Wildman–Crippen MR) is 117 cm³/mol. The van der Waals surface area contributed by atoms with Crippen molar-refractivity contribution in [2.75, 3.05) is 12.4 Å². The third-order valence-electron chi connectivity index (χ3n) is 5.89. The molecule has 1 unspecified atom stereocenters. The number of nitrogens with one attached hydrogen (secondary N) is 1. The molecule has 0 amide bonds. The molecule has 4 rings (SSSR count). The lowest BCUT2D eigenvalue weighted by atomic mass is 9.70. The van der Waals surface area contributed by atoms with Crippen molar-refractivity contribution in [1.29, 1.82) is 0 Å². The number of aromatic nitrogens is 2. The molecular weight excluding hydrogens is 362 g/mol. The third kappa shape index (κ3) is 4.00. The van der Waals surface area contributed by atoms with E-state index in [4.69, 9.17) is 9.72 Å². The molecule has 1 aliphatic carbocycles. The predicted octanol–water partition coefficient (Wildman–Crippen LogP) is 5.95. The quantitative estimate of drug-likeness (QED) is 0.558. The van der Waals surface area contributed by atoms with E-state index in [-0.39, 0.29) is 5.97 Å². The molecule has 0 aliphatic heterocycles. The van der Waals surface area contributed by atoms with Crippen LogP contribution in [0.25, 0.3) is 11.0 Å². The van der Waals surface area contributed by atoms with Gasteiger partial charge in [-0.3, -0.25) is 0 Å². The van der Waals surface area contributed by atoms with Gasteiger partial charge in [-0.05, 0) is 67.0 Å². The number of nitrogens with zero attached hydrogens (tertiary/aromatic N) is 2. The van der Waals surface area contributed by atoms with E-state index in [9.17, 15) is 4.79 Å². The van der Waals surface area contributed by atoms with Crippen LogP contribution >= 0.6 is 0 Å². The molecule has 29 heavy (non-hydrogen) atoms. The van der Waals surface area contributed by atoms with E-state index < -0.39 is 0 Å². The highest BCUT2D eigenvalue weighted by Crippen LogP contribution is 2.46. The van der Waals surface area contributed by atoms with Gasteiger partial charge < -0.3 is 14.6 Å². The summed E-state index contributed by atoms with van der Waals surface area (Å²) in [5, 5.41) is 3.49. The first-order chi connectivity index (χ1) is 13.9. The zero-order valence-electron chi connectivity index (χ0n) is 17.6. The monoisotopic (exact) mass is 391 g/mol. The number of benzene rings is 2. The zero-order valence-corrected chi connectivity index (χ0v) is 17.6. The maximum Gasteiger partial charge on any atom is 0.337 e. The maximum atomic E-state index is 11.7. The minimum atomic E-state index is -0.331. The molecule has 5 nitrogen and oxygen atoms in total. The molecule has 0 saturated heterocycles. The number of hydrogen-bond donors (Lipinski definition) is 1. The van der Waals surface area contributed by atoms with Crippen LogP contribution in [0.4, 0.5) is 11.6 Å². The molecule has 0 spiro atoms. The number of para-hydroxylation sites is 2. The summed E-state index contributed by atoms with van der Waals surface area (Å²) in [5.41, 5.74) is 3.91. The van der Waals surface area contributed by atoms with E-state index in [1.807, 2.05) is 18.2 Å². The molecule has 0 bridgehead atoms. The summed E-state index contributed by atoms with van der Waals surface area (Å²) in [6.07, 6.45) is 3.54. The van der Waals surface area contributed by atoms with Crippen LogP contribution in [0.3, 0.4) is 0 Å². The molecule has 3 aromatic rings. The van der Waals surface area contributed by atoms with Gasteiger partial charge in [0, 0.05) is 11.7 Å². The Hall–Kier alpha value is -2.82. The van der Waals surface area contributed by atoms with Crippen LogP contribution < -0.4 is 5.32 Å². The summed E-state index contributed by atoms with van der Waals surface area (Å²) in [6, 6.07) is 16.1. The number of carbonyl (C=O) groups is 1. The SMILES string of the molecule is COC(=O)c1ccc(Nc2nc3ccccc3n2C2C[C@H](C)CC(C)(C)C2)cc1. The van der Waals surface area contributed by atoms with Crippen molar-refractivity contribution in [1.82, 2.24) is 9.55 Å². The number of esters is 1. The maximum absolute atomic E-state index is 11.7. The molecule has 1 aliphatic rings. The standard InChI is InChI=1S/C24H29N3O2/c1-16-13-19(15-24(2,3)14-16)27-21-8-6-5-7-20(21)26-23(27)25-18-11-9-17(10-12-18)22(28)29-4/h5-12,16,19H,13-15H2,1-4H3,(H,25,26)/t16-,19?/m0/s1. The van der Waals surface area contributed by atoms with E-state index in [1.165, 1.54) is 13.5 Å². The number of imidazole rings is 1. The van der Waals surface area contributed by atoms with Crippen LogP contribution in [0.15, 0.2) is 48.5 Å². The van der Waals surface area contributed by atoms with Crippen molar-refractivity contribution in [2.45, 2.75) is 46.1 Å². The Morgan fingerprint density at radius 2 is 1.86 bits per heavy atom. The van der Waals surface area contributed by atoms with Crippen LogP contribution in [-0.4, -0.2) is 22.6 Å². The molecule has 1 aromatic heterocycles. The number of ether oxygens (including phenoxy) is 1. The summed E-state index contributed by atoms with van der Waals surface area (Å²) in [5.74, 6) is 1.20. The third-order valence-corrected chi connectivity index (χ3v) is 5.89. The highest BCUT2D eigenvalue weighted by molar-refractivity contribution is 5.89. The van der Waals surface area contributed by atoms with Gasteiger partial charge in [-0.2, -0.15) is 0 Å². The molecular formula is C24H29N3O2. The fourth-order valence-corrected chi connectivity index (χ4v) is 4.93. The second-order valence-corrected chi connectivity index (χ2v) is 9.06. The molecule has 1 N–H and O–H groups in total. The minimum Gasteiger partial charge on any atom is -0.465 e. The van der Waals surface area contributed by atoms with Crippen molar-refractivity contribution in [3.05, 3.63) is 54.1 Å². The number of rotatable bonds is 4. The van der Waals surface area contributed by atoms with Crippen molar-refractivity contribution < 1.29 is 9.53 Å². The fraction of sp³-hybridized carbons (Fsp3) is 0.417. The van der Waals surface area contributed by atoms with E-state index in [2.05, 4.69) is 48.9 Å². The Morgan fingerprint density at radius 3 is 2.55 bits per heavy atom. The van der Waals surface area contributed by atoms with Crippen LogP contribution in [0.1, 0.15) is 56.4 Å². The van der Waals surface area contributed by atoms with Gasteiger partial charge in [-0.1, -0.05) is 32.9 Å². The molecule has 1 heterocycles. The van der Waals surface area contributed by atoms with Crippen LogP contribution in [0.2, 0.25) is 0 Å². The summed E-state index contributed by atoms with van der Waals surface area (Å²) >= 11 is 0. The summed E-state index contributed by atoms with van der Waals surface area (Å²) < 4.78 is 7.16. The van der Waals surface area contributed by atoms with Gasteiger partial charge in [0.2, 0.25) is 5.95 Å². The van der Waals surface area contributed by atoms with E-state index >= 15 is 0 Å². The number of hydrogen-bond acceptors (Lipinski definition) is 4. The van der Waals surface area contributed by atoms with Crippen molar-refractivity contribution >= 4 is 28.6 Å². The lowest BCUT2D eigenvalue weighted by Gasteiger charge is -2.40. The van der Waals surface area contributed by atoms with Crippen LogP contribution in [0.5, 0.6) is 0 Å². The lowest BCUT2D eigenvalue weighted by molar-refractivity contribution is 0.0600. The number of anilines is 2. The van der Waals surface area contributed by atoms with Gasteiger partial charge in [0.25, 0.3) is 0 Å². The van der Waals surface area contributed by atoms with Crippen molar-refractivity contribution in [3.8, 4) is 0 Å².